The van der Waals surface area contributed by atoms with Crippen molar-refractivity contribution in [3.63, 3.8) is 0 Å². The standard InChI is InChI=1S/C50H34N4/c1-50(2)42-23-10-8-18-36(42)37-27-26-34(29-43(37)50)48-51-47(31-14-4-3-5-15-31)52-49(53-48)40-22-12-21-38-35(40)20-13-25-45(38)54-44-24-11-9-19-39(44)41-28-32-16-6-7-17-33(32)30-46(41)54/h3-30H,1-2H3. The Balaban J connectivity index is 1.13. The van der Waals surface area contributed by atoms with Gasteiger partial charge in [-0.25, -0.2) is 15.0 Å². The molecule has 1 aliphatic rings. The molecule has 0 N–H and O–H groups in total. The summed E-state index contributed by atoms with van der Waals surface area (Å²) in [5.74, 6) is 1.97. The molecule has 10 aromatic rings. The molecule has 2 heterocycles. The van der Waals surface area contributed by atoms with E-state index in [2.05, 4.69) is 170 Å². The van der Waals surface area contributed by atoms with Crippen molar-refractivity contribution in [3.05, 3.63) is 181 Å². The molecule has 254 valence electrons. The summed E-state index contributed by atoms with van der Waals surface area (Å²) in [5.41, 5.74) is 11.5. The van der Waals surface area contributed by atoms with Crippen LogP contribution in [-0.4, -0.2) is 19.5 Å². The third-order valence-corrected chi connectivity index (χ3v) is 11.4. The zero-order chi connectivity index (χ0) is 36.0. The molecule has 0 spiro atoms. The molecule has 4 nitrogen and oxygen atoms in total. The molecule has 0 saturated carbocycles. The first kappa shape index (κ1) is 30.7. The van der Waals surface area contributed by atoms with Crippen molar-refractivity contribution in [1.29, 1.82) is 0 Å². The molecule has 0 bridgehead atoms. The fraction of sp³-hybridized carbons (Fsp3) is 0.0600. The van der Waals surface area contributed by atoms with Gasteiger partial charge in [0.2, 0.25) is 0 Å². The van der Waals surface area contributed by atoms with Gasteiger partial charge in [-0.05, 0) is 68.7 Å². The first-order valence-electron chi connectivity index (χ1n) is 18.5. The molecule has 54 heavy (non-hydrogen) atoms. The Kier molecular flexibility index (Phi) is 6.56. The second-order valence-corrected chi connectivity index (χ2v) is 14.9. The largest absolute Gasteiger partial charge is 0.309 e. The van der Waals surface area contributed by atoms with Crippen molar-refractivity contribution >= 4 is 43.4 Å². The summed E-state index contributed by atoms with van der Waals surface area (Å²) in [7, 11) is 0. The Morgan fingerprint density at radius 1 is 0.389 bits per heavy atom. The normalized spacial score (nSPS) is 13.1. The highest BCUT2D eigenvalue weighted by atomic mass is 15.0. The summed E-state index contributed by atoms with van der Waals surface area (Å²) < 4.78 is 2.42. The lowest BCUT2D eigenvalue weighted by atomic mass is 9.82. The molecule has 8 aromatic carbocycles. The van der Waals surface area contributed by atoms with Gasteiger partial charge in [0.1, 0.15) is 0 Å². The van der Waals surface area contributed by atoms with Crippen molar-refractivity contribution in [2.75, 3.05) is 0 Å². The van der Waals surface area contributed by atoms with Crippen LogP contribution in [0.2, 0.25) is 0 Å². The smallest absolute Gasteiger partial charge is 0.164 e. The summed E-state index contributed by atoms with van der Waals surface area (Å²) in [6.07, 6.45) is 0. The second kappa shape index (κ2) is 11.5. The summed E-state index contributed by atoms with van der Waals surface area (Å²) in [6, 6.07) is 60.7. The van der Waals surface area contributed by atoms with E-state index in [1.54, 1.807) is 0 Å². The van der Waals surface area contributed by atoms with Crippen molar-refractivity contribution in [1.82, 2.24) is 19.5 Å². The van der Waals surface area contributed by atoms with Gasteiger partial charge in [0.25, 0.3) is 0 Å². The van der Waals surface area contributed by atoms with Gasteiger partial charge in [-0.2, -0.15) is 0 Å². The Morgan fingerprint density at radius 3 is 1.89 bits per heavy atom. The molecule has 4 heteroatoms. The number of nitrogens with zero attached hydrogens (tertiary/aromatic N) is 4. The monoisotopic (exact) mass is 690 g/mol. The van der Waals surface area contributed by atoms with E-state index in [9.17, 15) is 0 Å². The van der Waals surface area contributed by atoms with Crippen LogP contribution in [0.1, 0.15) is 25.0 Å². The molecule has 0 radical (unpaired) electrons. The second-order valence-electron chi connectivity index (χ2n) is 14.9. The highest BCUT2D eigenvalue weighted by Gasteiger charge is 2.35. The highest BCUT2D eigenvalue weighted by Crippen LogP contribution is 2.49. The Hall–Kier alpha value is -6.91. The van der Waals surface area contributed by atoms with E-state index >= 15 is 0 Å². The van der Waals surface area contributed by atoms with Crippen LogP contribution in [-0.2, 0) is 5.41 Å². The number of hydrogen-bond acceptors (Lipinski definition) is 3. The average Bonchev–Trinajstić information content (AvgIpc) is 3.66. The predicted octanol–water partition coefficient (Wildman–Crippen LogP) is 12.6. The minimum Gasteiger partial charge on any atom is -0.309 e. The molecule has 0 fully saturated rings. The minimum absolute atomic E-state index is 0.134. The van der Waals surface area contributed by atoms with E-state index in [4.69, 9.17) is 15.0 Å². The number of benzene rings is 8. The van der Waals surface area contributed by atoms with E-state index in [-0.39, 0.29) is 5.41 Å². The van der Waals surface area contributed by atoms with E-state index in [1.807, 2.05) is 18.2 Å². The molecular formula is C50H34N4. The Bertz CT molecular complexity index is 3140. The molecule has 0 unspecified atom stereocenters. The van der Waals surface area contributed by atoms with Crippen LogP contribution < -0.4 is 0 Å². The van der Waals surface area contributed by atoms with Crippen LogP contribution >= 0.6 is 0 Å². The summed E-state index contributed by atoms with van der Waals surface area (Å²) >= 11 is 0. The first-order chi connectivity index (χ1) is 26.5. The molecule has 0 amide bonds. The number of aromatic nitrogens is 4. The topological polar surface area (TPSA) is 43.6 Å². The summed E-state index contributed by atoms with van der Waals surface area (Å²) in [4.78, 5) is 15.6. The van der Waals surface area contributed by atoms with Crippen LogP contribution in [0.4, 0.5) is 0 Å². The fourth-order valence-electron chi connectivity index (χ4n) is 8.78. The maximum absolute atomic E-state index is 5.27. The SMILES string of the molecule is CC1(C)c2ccccc2-c2ccc(-c3nc(-c4ccccc4)nc(-c4cccc5c(-n6c7ccccc7c7cc8ccccc8cc76)cccc45)n3)cc21. The zero-order valence-corrected chi connectivity index (χ0v) is 30.0. The van der Waals surface area contributed by atoms with E-state index in [0.717, 1.165) is 33.2 Å². The molecule has 11 rings (SSSR count). The van der Waals surface area contributed by atoms with Crippen LogP contribution in [0.25, 0.3) is 94.3 Å². The minimum atomic E-state index is -0.134. The first-order valence-corrected chi connectivity index (χ1v) is 18.5. The predicted molar refractivity (Wildman–Crippen MR) is 223 cm³/mol. The van der Waals surface area contributed by atoms with Crippen molar-refractivity contribution in [3.8, 4) is 51.0 Å². The van der Waals surface area contributed by atoms with Crippen LogP contribution in [0.15, 0.2) is 170 Å². The van der Waals surface area contributed by atoms with E-state index < -0.39 is 0 Å². The zero-order valence-electron chi connectivity index (χ0n) is 30.0. The fourth-order valence-corrected chi connectivity index (χ4v) is 8.78. The lowest BCUT2D eigenvalue weighted by Gasteiger charge is -2.21. The molecule has 0 saturated heterocycles. The Morgan fingerprint density at radius 2 is 1.02 bits per heavy atom. The van der Waals surface area contributed by atoms with Gasteiger partial charge >= 0.3 is 0 Å². The van der Waals surface area contributed by atoms with Gasteiger partial charge in [-0.3, -0.25) is 0 Å². The van der Waals surface area contributed by atoms with Crippen LogP contribution in [0.5, 0.6) is 0 Å². The number of hydrogen-bond donors (Lipinski definition) is 0. The van der Waals surface area contributed by atoms with Gasteiger partial charge in [-0.15, -0.1) is 0 Å². The number of rotatable bonds is 4. The van der Waals surface area contributed by atoms with Gasteiger partial charge in [0, 0.05) is 38.3 Å². The van der Waals surface area contributed by atoms with Crippen molar-refractivity contribution < 1.29 is 0 Å². The van der Waals surface area contributed by atoms with Gasteiger partial charge < -0.3 is 4.57 Å². The number of para-hydroxylation sites is 1. The van der Waals surface area contributed by atoms with Gasteiger partial charge in [-0.1, -0.05) is 153 Å². The van der Waals surface area contributed by atoms with Crippen molar-refractivity contribution in [2.45, 2.75) is 19.3 Å². The van der Waals surface area contributed by atoms with Crippen LogP contribution in [0.3, 0.4) is 0 Å². The quantitative estimate of drug-likeness (QED) is 0.185. The Labute approximate surface area is 313 Å². The van der Waals surface area contributed by atoms with Crippen molar-refractivity contribution in [2.24, 2.45) is 0 Å². The third kappa shape index (κ3) is 4.53. The summed E-state index contributed by atoms with van der Waals surface area (Å²) in [5, 5.41) is 7.16. The molecule has 2 aromatic heterocycles. The lowest BCUT2D eigenvalue weighted by molar-refractivity contribution is 0.660. The molecule has 0 aliphatic heterocycles. The van der Waals surface area contributed by atoms with Gasteiger partial charge in [0.15, 0.2) is 17.5 Å². The number of fused-ring (bicyclic) bond motifs is 8. The van der Waals surface area contributed by atoms with E-state index in [1.165, 1.54) is 54.8 Å². The third-order valence-electron chi connectivity index (χ3n) is 11.4. The maximum atomic E-state index is 5.27. The summed E-state index contributed by atoms with van der Waals surface area (Å²) in [6.45, 7) is 4.62. The molecule has 1 aliphatic carbocycles. The van der Waals surface area contributed by atoms with Crippen LogP contribution in [0, 0.1) is 0 Å². The molecular weight excluding hydrogens is 657 g/mol. The van der Waals surface area contributed by atoms with E-state index in [0.29, 0.717) is 17.5 Å². The maximum Gasteiger partial charge on any atom is 0.164 e. The average molecular weight is 691 g/mol. The van der Waals surface area contributed by atoms with Gasteiger partial charge in [0.05, 0.1) is 16.7 Å². The molecule has 0 atom stereocenters. The highest BCUT2D eigenvalue weighted by molar-refractivity contribution is 6.15. The lowest BCUT2D eigenvalue weighted by Crippen LogP contribution is -2.15.